The number of anilines is 1. The van der Waals surface area contributed by atoms with E-state index in [1.807, 2.05) is 6.07 Å². The van der Waals surface area contributed by atoms with E-state index in [0.717, 1.165) is 39.3 Å². The Morgan fingerprint density at radius 1 is 1.00 bits per heavy atom. The van der Waals surface area contributed by atoms with Crippen molar-refractivity contribution < 1.29 is 9.18 Å². The van der Waals surface area contributed by atoms with Crippen LogP contribution in [0.1, 0.15) is 22.8 Å². The Bertz CT molecular complexity index is 727. The molecule has 0 amide bonds. The number of ketones is 1. The van der Waals surface area contributed by atoms with E-state index in [0.29, 0.717) is 12.2 Å². The normalized spacial score (nSPS) is 15.8. The molecule has 0 spiro atoms. The summed E-state index contributed by atoms with van der Waals surface area (Å²) in [5, 5.41) is 3.22. The molecule has 1 heterocycles. The van der Waals surface area contributed by atoms with E-state index >= 15 is 0 Å². The van der Waals surface area contributed by atoms with Crippen molar-refractivity contribution in [2.45, 2.75) is 13.5 Å². The lowest BCUT2D eigenvalue weighted by atomic mass is 10.1. The van der Waals surface area contributed by atoms with Gasteiger partial charge in [-0.05, 0) is 24.6 Å². The predicted molar refractivity (Wildman–Crippen MR) is 103 cm³/mol. The lowest BCUT2D eigenvalue weighted by Crippen LogP contribution is -2.47. The maximum atomic E-state index is 13.8. The minimum Gasteiger partial charge on any atom is -0.383 e. The van der Waals surface area contributed by atoms with Crippen LogP contribution in [0.5, 0.6) is 0 Å². The summed E-state index contributed by atoms with van der Waals surface area (Å²) in [5.41, 5.74) is 2.09. The molecule has 1 aliphatic rings. The third kappa shape index (κ3) is 4.90. The summed E-state index contributed by atoms with van der Waals surface area (Å²) < 4.78 is 13.8. The number of hydrogen-bond donors (Lipinski definition) is 1. The topological polar surface area (TPSA) is 35.6 Å². The lowest BCUT2D eigenvalue weighted by molar-refractivity contribution is 0.101. The van der Waals surface area contributed by atoms with Gasteiger partial charge in [-0.3, -0.25) is 14.6 Å². The van der Waals surface area contributed by atoms with E-state index in [9.17, 15) is 9.18 Å². The van der Waals surface area contributed by atoms with Gasteiger partial charge in [0.15, 0.2) is 5.78 Å². The van der Waals surface area contributed by atoms with Crippen LogP contribution in [-0.2, 0) is 6.54 Å². The van der Waals surface area contributed by atoms with Gasteiger partial charge in [0.25, 0.3) is 0 Å². The molecule has 5 heteroatoms. The summed E-state index contributed by atoms with van der Waals surface area (Å²) >= 11 is 0. The Labute approximate surface area is 154 Å². The molecule has 0 radical (unpaired) electrons. The second-order valence-electron chi connectivity index (χ2n) is 6.75. The van der Waals surface area contributed by atoms with Crippen molar-refractivity contribution in [1.29, 1.82) is 0 Å². The van der Waals surface area contributed by atoms with Crippen LogP contribution in [0, 0.1) is 5.82 Å². The zero-order chi connectivity index (χ0) is 18.4. The Morgan fingerprint density at radius 2 is 1.69 bits per heavy atom. The molecule has 0 unspecified atom stereocenters. The molecule has 3 rings (SSSR count). The second-order valence-corrected chi connectivity index (χ2v) is 6.75. The van der Waals surface area contributed by atoms with Crippen molar-refractivity contribution >= 4 is 11.5 Å². The number of piperazine rings is 1. The SMILES string of the molecule is CC(=O)c1c(F)cccc1NCCN1CCN(Cc2ccccc2)CC1. The van der Waals surface area contributed by atoms with E-state index in [1.54, 1.807) is 12.1 Å². The first-order chi connectivity index (χ1) is 12.6. The van der Waals surface area contributed by atoms with Crippen LogP contribution in [0.2, 0.25) is 0 Å². The fourth-order valence-corrected chi connectivity index (χ4v) is 3.39. The predicted octanol–water partition coefficient (Wildman–Crippen LogP) is 3.26. The van der Waals surface area contributed by atoms with E-state index in [2.05, 4.69) is 39.4 Å². The number of nitrogens with zero attached hydrogens (tertiary/aromatic N) is 2. The molecule has 1 fully saturated rings. The molecular formula is C21H26FN3O. The zero-order valence-corrected chi connectivity index (χ0v) is 15.2. The van der Waals surface area contributed by atoms with Gasteiger partial charge < -0.3 is 5.32 Å². The Balaban J connectivity index is 1.43. The summed E-state index contributed by atoms with van der Waals surface area (Å²) in [4.78, 5) is 16.5. The van der Waals surface area contributed by atoms with E-state index in [4.69, 9.17) is 0 Å². The van der Waals surface area contributed by atoms with Crippen LogP contribution in [0.25, 0.3) is 0 Å². The lowest BCUT2D eigenvalue weighted by Gasteiger charge is -2.34. The van der Waals surface area contributed by atoms with Crippen molar-refractivity contribution in [2.75, 3.05) is 44.6 Å². The first-order valence-corrected chi connectivity index (χ1v) is 9.15. The molecule has 26 heavy (non-hydrogen) atoms. The van der Waals surface area contributed by atoms with E-state index in [1.165, 1.54) is 18.6 Å². The van der Waals surface area contributed by atoms with Crippen LogP contribution < -0.4 is 5.32 Å². The van der Waals surface area contributed by atoms with Gasteiger partial charge in [-0.15, -0.1) is 0 Å². The monoisotopic (exact) mass is 355 g/mol. The maximum Gasteiger partial charge on any atom is 0.164 e. The average Bonchev–Trinajstić information content (AvgIpc) is 2.64. The van der Waals surface area contributed by atoms with E-state index < -0.39 is 5.82 Å². The number of hydrogen-bond acceptors (Lipinski definition) is 4. The molecule has 0 aliphatic carbocycles. The van der Waals surface area contributed by atoms with Crippen LogP contribution in [0.4, 0.5) is 10.1 Å². The number of benzene rings is 2. The number of nitrogens with one attached hydrogen (secondary N) is 1. The van der Waals surface area contributed by atoms with Gasteiger partial charge in [0.2, 0.25) is 0 Å². The number of carbonyl (C=O) groups is 1. The Morgan fingerprint density at radius 3 is 2.38 bits per heavy atom. The van der Waals surface area contributed by atoms with Crippen molar-refractivity contribution in [1.82, 2.24) is 9.80 Å². The van der Waals surface area contributed by atoms with Gasteiger partial charge in [0.1, 0.15) is 5.82 Å². The van der Waals surface area contributed by atoms with Crippen molar-refractivity contribution in [2.24, 2.45) is 0 Å². The number of Topliss-reactive ketones (excluding diaryl/α,β-unsaturated/α-hetero) is 1. The maximum absolute atomic E-state index is 13.8. The van der Waals surface area contributed by atoms with Crippen LogP contribution >= 0.6 is 0 Å². The zero-order valence-electron chi connectivity index (χ0n) is 15.2. The van der Waals surface area contributed by atoms with Gasteiger partial charge in [-0.1, -0.05) is 36.4 Å². The molecule has 0 atom stereocenters. The summed E-state index contributed by atoms with van der Waals surface area (Å²) in [5.74, 6) is -0.711. The minimum atomic E-state index is -0.461. The highest BCUT2D eigenvalue weighted by Gasteiger charge is 2.17. The number of halogens is 1. The quantitative estimate of drug-likeness (QED) is 0.774. The molecule has 1 saturated heterocycles. The first-order valence-electron chi connectivity index (χ1n) is 9.15. The first kappa shape index (κ1) is 18.5. The Hall–Kier alpha value is -2.24. The largest absolute Gasteiger partial charge is 0.383 e. The third-order valence-electron chi connectivity index (χ3n) is 4.82. The Kier molecular flexibility index (Phi) is 6.36. The van der Waals surface area contributed by atoms with Crippen molar-refractivity contribution in [3.8, 4) is 0 Å². The molecule has 2 aromatic carbocycles. The highest BCUT2D eigenvalue weighted by Crippen LogP contribution is 2.19. The molecule has 1 aliphatic heterocycles. The van der Waals surface area contributed by atoms with Gasteiger partial charge in [0, 0.05) is 51.5 Å². The summed E-state index contributed by atoms with van der Waals surface area (Å²) in [7, 11) is 0. The molecule has 2 aromatic rings. The molecule has 4 nitrogen and oxygen atoms in total. The molecule has 1 N–H and O–H groups in total. The highest BCUT2D eigenvalue weighted by atomic mass is 19.1. The van der Waals surface area contributed by atoms with Crippen LogP contribution in [0.3, 0.4) is 0 Å². The molecule has 0 saturated carbocycles. The fourth-order valence-electron chi connectivity index (χ4n) is 3.39. The van der Waals surface area contributed by atoms with Gasteiger partial charge >= 0.3 is 0 Å². The van der Waals surface area contributed by atoms with Crippen LogP contribution in [0.15, 0.2) is 48.5 Å². The molecular weight excluding hydrogens is 329 g/mol. The fraction of sp³-hybridized carbons (Fsp3) is 0.381. The second kappa shape index (κ2) is 8.92. The number of carbonyl (C=O) groups excluding carboxylic acids is 1. The van der Waals surface area contributed by atoms with Crippen molar-refractivity contribution in [3.63, 3.8) is 0 Å². The average molecular weight is 355 g/mol. The summed E-state index contributed by atoms with van der Waals surface area (Å²) in [6.45, 7) is 8.12. The van der Waals surface area contributed by atoms with Gasteiger partial charge in [-0.25, -0.2) is 4.39 Å². The van der Waals surface area contributed by atoms with Crippen LogP contribution in [-0.4, -0.2) is 54.9 Å². The van der Waals surface area contributed by atoms with Crippen molar-refractivity contribution in [3.05, 3.63) is 65.5 Å². The summed E-state index contributed by atoms with van der Waals surface area (Å²) in [6.07, 6.45) is 0. The minimum absolute atomic E-state index is 0.153. The smallest absolute Gasteiger partial charge is 0.164 e. The molecule has 0 aromatic heterocycles. The standard InChI is InChI=1S/C21H26FN3O/c1-17(26)21-19(22)8-5-9-20(21)23-10-11-24-12-14-25(15-13-24)16-18-6-3-2-4-7-18/h2-9,23H,10-16H2,1H3. The van der Waals surface area contributed by atoms with Gasteiger partial charge in [-0.2, -0.15) is 0 Å². The van der Waals surface area contributed by atoms with Gasteiger partial charge in [0.05, 0.1) is 5.56 Å². The number of rotatable bonds is 7. The highest BCUT2D eigenvalue weighted by molar-refractivity contribution is 5.99. The molecule has 0 bridgehead atoms. The van der Waals surface area contributed by atoms with E-state index in [-0.39, 0.29) is 11.3 Å². The molecule has 138 valence electrons. The summed E-state index contributed by atoms with van der Waals surface area (Å²) in [6, 6.07) is 15.3. The third-order valence-corrected chi connectivity index (χ3v) is 4.82.